The summed E-state index contributed by atoms with van der Waals surface area (Å²) in [5, 5.41) is 5.56. The molecule has 0 fully saturated rings. The van der Waals surface area contributed by atoms with E-state index in [2.05, 4.69) is 10.6 Å². The van der Waals surface area contributed by atoms with Crippen molar-refractivity contribution in [1.29, 1.82) is 0 Å². The van der Waals surface area contributed by atoms with Crippen LogP contribution in [0.3, 0.4) is 0 Å². The van der Waals surface area contributed by atoms with E-state index in [0.717, 1.165) is 4.90 Å². The second-order valence-electron chi connectivity index (χ2n) is 7.75. The van der Waals surface area contributed by atoms with E-state index < -0.39 is 17.7 Å². The summed E-state index contributed by atoms with van der Waals surface area (Å²) < 4.78 is 5.26. The van der Waals surface area contributed by atoms with Gasteiger partial charge in [-0.1, -0.05) is 41.4 Å². The lowest BCUT2D eigenvalue weighted by Gasteiger charge is -2.18. The number of ether oxygens (including phenoxy) is 1. The monoisotopic (exact) mass is 523 g/mol. The Morgan fingerprint density at radius 3 is 2.22 bits per heavy atom. The minimum absolute atomic E-state index is 0.123. The summed E-state index contributed by atoms with van der Waals surface area (Å²) in [4.78, 5) is 51.2. The van der Waals surface area contributed by atoms with E-state index in [1.54, 1.807) is 48.5 Å². The zero-order valence-corrected chi connectivity index (χ0v) is 20.6. The summed E-state index contributed by atoms with van der Waals surface area (Å²) in [7, 11) is 1.40. The maximum atomic E-state index is 13.2. The highest BCUT2D eigenvalue weighted by Gasteiger charge is 2.40. The SMILES string of the molecule is COc1ccc(Cl)cc1N1C(=O)C(Cl)=C(Nc2cccc(C(=O)Nc3cccc(C(C)=O)c3)c2)C1=O. The van der Waals surface area contributed by atoms with Crippen molar-refractivity contribution in [2.45, 2.75) is 6.92 Å². The van der Waals surface area contributed by atoms with Crippen LogP contribution in [0.4, 0.5) is 17.1 Å². The number of hydrogen-bond acceptors (Lipinski definition) is 6. The molecule has 1 aliphatic rings. The van der Waals surface area contributed by atoms with Gasteiger partial charge in [0.2, 0.25) is 0 Å². The first kappa shape index (κ1) is 25.0. The number of benzene rings is 3. The average molecular weight is 524 g/mol. The summed E-state index contributed by atoms with van der Waals surface area (Å²) in [6.45, 7) is 1.44. The fourth-order valence-electron chi connectivity index (χ4n) is 3.57. The van der Waals surface area contributed by atoms with Crippen molar-refractivity contribution in [2.24, 2.45) is 0 Å². The van der Waals surface area contributed by atoms with E-state index in [0.29, 0.717) is 22.0 Å². The molecule has 0 saturated heterocycles. The van der Waals surface area contributed by atoms with Crippen LogP contribution >= 0.6 is 23.2 Å². The standard InChI is InChI=1S/C26H19Cl2N3O5/c1-14(32)15-5-3-8-19(11-15)30-24(33)16-6-4-7-18(12-16)29-23-22(28)25(34)31(26(23)35)20-13-17(27)9-10-21(20)36-2/h3-13,29H,1-2H3,(H,30,33). The second kappa shape index (κ2) is 10.2. The molecule has 8 nitrogen and oxygen atoms in total. The topological polar surface area (TPSA) is 105 Å². The van der Waals surface area contributed by atoms with Crippen LogP contribution in [0.1, 0.15) is 27.6 Å². The molecule has 0 aliphatic carbocycles. The number of carbonyl (C=O) groups excluding carboxylic acids is 4. The molecule has 1 heterocycles. The van der Waals surface area contributed by atoms with Gasteiger partial charge in [-0.3, -0.25) is 19.2 Å². The first-order valence-corrected chi connectivity index (χ1v) is 11.4. The van der Waals surface area contributed by atoms with Gasteiger partial charge in [-0.25, -0.2) is 4.90 Å². The van der Waals surface area contributed by atoms with Crippen molar-refractivity contribution in [3.8, 4) is 5.75 Å². The summed E-state index contributed by atoms with van der Waals surface area (Å²) in [6.07, 6.45) is 0. The Morgan fingerprint density at radius 2 is 1.53 bits per heavy atom. The highest BCUT2D eigenvalue weighted by molar-refractivity contribution is 6.53. The van der Waals surface area contributed by atoms with Crippen LogP contribution in [-0.4, -0.2) is 30.6 Å². The molecule has 2 N–H and O–H groups in total. The lowest BCUT2D eigenvalue weighted by atomic mass is 10.1. The van der Waals surface area contributed by atoms with Gasteiger partial charge in [0.05, 0.1) is 12.8 Å². The number of rotatable bonds is 7. The number of hydrogen-bond donors (Lipinski definition) is 2. The van der Waals surface area contributed by atoms with Gasteiger partial charge in [0.25, 0.3) is 17.7 Å². The summed E-state index contributed by atoms with van der Waals surface area (Å²) in [5.74, 6) is -1.74. The number of methoxy groups -OCH3 is 1. The molecule has 1 aliphatic heterocycles. The van der Waals surface area contributed by atoms with Crippen LogP contribution in [-0.2, 0) is 9.59 Å². The molecule has 0 bridgehead atoms. The van der Waals surface area contributed by atoms with Gasteiger partial charge in [-0.2, -0.15) is 0 Å². The molecular weight excluding hydrogens is 505 g/mol. The van der Waals surface area contributed by atoms with Crippen LogP contribution in [0.2, 0.25) is 5.02 Å². The summed E-state index contributed by atoms with van der Waals surface area (Å²) >= 11 is 12.3. The minimum Gasteiger partial charge on any atom is -0.495 e. The molecule has 0 unspecified atom stereocenters. The normalized spacial score (nSPS) is 13.2. The van der Waals surface area contributed by atoms with E-state index >= 15 is 0 Å². The number of imide groups is 1. The fourth-order valence-corrected chi connectivity index (χ4v) is 3.95. The molecule has 0 atom stereocenters. The second-order valence-corrected chi connectivity index (χ2v) is 8.56. The average Bonchev–Trinajstić information content (AvgIpc) is 3.07. The first-order valence-electron chi connectivity index (χ1n) is 10.6. The molecule has 3 aromatic carbocycles. The number of nitrogens with one attached hydrogen (secondary N) is 2. The van der Waals surface area contributed by atoms with Crippen molar-refractivity contribution in [3.05, 3.63) is 93.6 Å². The Morgan fingerprint density at radius 1 is 0.861 bits per heavy atom. The van der Waals surface area contributed by atoms with E-state index in [1.807, 2.05) is 0 Å². The fraction of sp³-hybridized carbons (Fsp3) is 0.0769. The highest BCUT2D eigenvalue weighted by atomic mass is 35.5. The Labute approximate surface area is 216 Å². The molecule has 3 amide bonds. The van der Waals surface area contributed by atoms with Crippen molar-refractivity contribution in [1.82, 2.24) is 0 Å². The number of nitrogens with zero attached hydrogens (tertiary/aromatic N) is 1. The number of ketones is 1. The molecule has 36 heavy (non-hydrogen) atoms. The van der Waals surface area contributed by atoms with Gasteiger partial charge in [0.15, 0.2) is 5.78 Å². The lowest BCUT2D eigenvalue weighted by Crippen LogP contribution is -2.32. The van der Waals surface area contributed by atoms with Gasteiger partial charge in [0.1, 0.15) is 16.5 Å². The molecular formula is C26H19Cl2N3O5. The molecule has 182 valence electrons. The van der Waals surface area contributed by atoms with Gasteiger partial charge in [-0.05, 0) is 55.5 Å². The number of halogens is 2. The maximum absolute atomic E-state index is 13.2. The van der Waals surface area contributed by atoms with Gasteiger partial charge in [0, 0.05) is 27.5 Å². The minimum atomic E-state index is -0.746. The third-order valence-corrected chi connectivity index (χ3v) is 5.92. The molecule has 0 radical (unpaired) electrons. The Balaban J connectivity index is 1.56. The van der Waals surface area contributed by atoms with Crippen LogP contribution in [0.15, 0.2) is 77.5 Å². The number of carbonyl (C=O) groups is 4. The van der Waals surface area contributed by atoms with Crippen molar-refractivity contribution in [2.75, 3.05) is 22.6 Å². The van der Waals surface area contributed by atoms with Crippen LogP contribution < -0.4 is 20.3 Å². The summed E-state index contributed by atoms with van der Waals surface area (Å²) in [5.41, 5.74) is 1.55. The van der Waals surface area contributed by atoms with E-state index in [-0.39, 0.29) is 33.5 Å². The van der Waals surface area contributed by atoms with Crippen molar-refractivity contribution in [3.63, 3.8) is 0 Å². The first-order chi connectivity index (χ1) is 17.2. The van der Waals surface area contributed by atoms with E-state index in [9.17, 15) is 19.2 Å². The Bertz CT molecular complexity index is 1450. The highest BCUT2D eigenvalue weighted by Crippen LogP contribution is 2.37. The predicted molar refractivity (Wildman–Crippen MR) is 138 cm³/mol. The van der Waals surface area contributed by atoms with Crippen LogP contribution in [0.5, 0.6) is 5.75 Å². The third-order valence-electron chi connectivity index (χ3n) is 5.33. The van der Waals surface area contributed by atoms with E-state index in [1.165, 1.54) is 32.2 Å². The van der Waals surface area contributed by atoms with Gasteiger partial charge < -0.3 is 15.4 Å². The Kier molecular flexibility index (Phi) is 7.10. The maximum Gasteiger partial charge on any atom is 0.283 e. The molecule has 0 saturated carbocycles. The van der Waals surface area contributed by atoms with Crippen LogP contribution in [0.25, 0.3) is 0 Å². The van der Waals surface area contributed by atoms with E-state index in [4.69, 9.17) is 27.9 Å². The predicted octanol–water partition coefficient (Wildman–Crippen LogP) is 5.24. The van der Waals surface area contributed by atoms with Gasteiger partial charge >= 0.3 is 0 Å². The third kappa shape index (κ3) is 4.95. The zero-order valence-electron chi connectivity index (χ0n) is 19.1. The zero-order chi connectivity index (χ0) is 26.0. The molecule has 4 rings (SSSR count). The quantitative estimate of drug-likeness (QED) is 0.324. The van der Waals surface area contributed by atoms with Crippen LogP contribution in [0, 0.1) is 0 Å². The summed E-state index contributed by atoms with van der Waals surface area (Å²) in [6, 6.07) is 17.4. The molecule has 10 heteroatoms. The van der Waals surface area contributed by atoms with Crippen molar-refractivity contribution >= 4 is 63.8 Å². The number of Topliss-reactive ketones (excluding diaryl/α,β-unsaturated/α-hetero) is 1. The molecule has 3 aromatic rings. The lowest BCUT2D eigenvalue weighted by molar-refractivity contribution is -0.120. The smallest absolute Gasteiger partial charge is 0.283 e. The Hall–Kier alpha value is -4.14. The number of amides is 3. The molecule has 0 aromatic heterocycles. The largest absolute Gasteiger partial charge is 0.495 e. The van der Waals surface area contributed by atoms with Gasteiger partial charge in [-0.15, -0.1) is 0 Å². The molecule has 0 spiro atoms. The number of anilines is 3. The van der Waals surface area contributed by atoms with Crippen molar-refractivity contribution < 1.29 is 23.9 Å².